The molecule has 0 saturated carbocycles. The van der Waals surface area contributed by atoms with E-state index in [-0.39, 0.29) is 0 Å². The maximum Gasteiger partial charge on any atom is 0.136 e. The molecule has 0 spiro atoms. The average molecular weight is 295 g/mol. The molecule has 0 aliphatic heterocycles. The van der Waals surface area contributed by atoms with Crippen LogP contribution in [0.2, 0.25) is 10.2 Å². The van der Waals surface area contributed by atoms with Crippen molar-refractivity contribution in [1.29, 1.82) is 0 Å². The SMILES string of the molecule is CCCc1nc(C)c(Cc2ccccc2Cl)c(Cl)n1. The molecule has 1 aromatic carbocycles. The van der Waals surface area contributed by atoms with Crippen LogP contribution in [0.4, 0.5) is 0 Å². The summed E-state index contributed by atoms with van der Waals surface area (Å²) >= 11 is 12.5. The van der Waals surface area contributed by atoms with Gasteiger partial charge in [-0.3, -0.25) is 0 Å². The first-order valence-corrected chi connectivity index (χ1v) is 7.12. The van der Waals surface area contributed by atoms with E-state index < -0.39 is 0 Å². The lowest BCUT2D eigenvalue weighted by Gasteiger charge is -2.10. The van der Waals surface area contributed by atoms with Crippen LogP contribution in [0.3, 0.4) is 0 Å². The highest BCUT2D eigenvalue weighted by Crippen LogP contribution is 2.24. The summed E-state index contributed by atoms with van der Waals surface area (Å²) in [6.45, 7) is 4.07. The highest BCUT2D eigenvalue weighted by Gasteiger charge is 2.11. The third-order valence-electron chi connectivity index (χ3n) is 3.01. The lowest BCUT2D eigenvalue weighted by atomic mass is 10.1. The fourth-order valence-electron chi connectivity index (χ4n) is 1.98. The van der Waals surface area contributed by atoms with E-state index in [4.69, 9.17) is 23.2 Å². The molecule has 1 heterocycles. The zero-order chi connectivity index (χ0) is 13.8. The fourth-order valence-corrected chi connectivity index (χ4v) is 2.49. The minimum absolute atomic E-state index is 0.538. The molecule has 0 N–H and O–H groups in total. The van der Waals surface area contributed by atoms with Gasteiger partial charge in [-0.25, -0.2) is 9.97 Å². The first-order chi connectivity index (χ1) is 9.11. The van der Waals surface area contributed by atoms with Gasteiger partial charge in [0.1, 0.15) is 11.0 Å². The van der Waals surface area contributed by atoms with E-state index in [9.17, 15) is 0 Å². The van der Waals surface area contributed by atoms with Crippen LogP contribution in [-0.4, -0.2) is 9.97 Å². The molecule has 2 aromatic rings. The molecule has 2 nitrogen and oxygen atoms in total. The molecule has 0 aliphatic carbocycles. The van der Waals surface area contributed by atoms with Crippen LogP contribution in [0.5, 0.6) is 0 Å². The number of hydrogen-bond donors (Lipinski definition) is 0. The molecular formula is C15H16Cl2N2. The smallest absolute Gasteiger partial charge is 0.136 e. The molecule has 0 aliphatic rings. The number of aromatic nitrogens is 2. The van der Waals surface area contributed by atoms with Gasteiger partial charge in [-0.1, -0.05) is 48.3 Å². The van der Waals surface area contributed by atoms with Crippen LogP contribution < -0.4 is 0 Å². The van der Waals surface area contributed by atoms with E-state index in [1.165, 1.54) is 0 Å². The van der Waals surface area contributed by atoms with Crippen molar-refractivity contribution in [2.24, 2.45) is 0 Å². The molecule has 0 amide bonds. The van der Waals surface area contributed by atoms with Crippen LogP contribution >= 0.6 is 23.2 Å². The Balaban J connectivity index is 2.33. The molecule has 1 aromatic heterocycles. The summed E-state index contributed by atoms with van der Waals surface area (Å²) in [5.74, 6) is 0.813. The first-order valence-electron chi connectivity index (χ1n) is 6.37. The number of aryl methyl sites for hydroxylation is 2. The normalized spacial score (nSPS) is 10.7. The van der Waals surface area contributed by atoms with E-state index in [0.29, 0.717) is 11.6 Å². The van der Waals surface area contributed by atoms with Crippen LogP contribution in [0, 0.1) is 6.92 Å². The van der Waals surface area contributed by atoms with Crippen LogP contribution in [-0.2, 0) is 12.8 Å². The maximum atomic E-state index is 6.28. The summed E-state index contributed by atoms with van der Waals surface area (Å²) in [5, 5.41) is 1.28. The monoisotopic (exact) mass is 294 g/mol. The Morgan fingerprint density at radius 1 is 1.11 bits per heavy atom. The van der Waals surface area contributed by atoms with Crippen molar-refractivity contribution in [3.05, 3.63) is 57.1 Å². The summed E-state index contributed by atoms with van der Waals surface area (Å²) < 4.78 is 0. The van der Waals surface area contributed by atoms with E-state index in [1.807, 2.05) is 31.2 Å². The predicted molar refractivity (Wildman–Crippen MR) is 80.0 cm³/mol. The van der Waals surface area contributed by atoms with Gasteiger partial charge in [0.15, 0.2) is 0 Å². The topological polar surface area (TPSA) is 25.8 Å². The maximum absolute atomic E-state index is 6.28. The highest BCUT2D eigenvalue weighted by atomic mass is 35.5. The molecule has 19 heavy (non-hydrogen) atoms. The Bertz CT molecular complexity index is 559. The van der Waals surface area contributed by atoms with Crippen LogP contribution in [0.25, 0.3) is 0 Å². The van der Waals surface area contributed by atoms with Crippen molar-refractivity contribution >= 4 is 23.2 Å². The number of halogens is 2. The standard InChI is InChI=1S/C15H16Cl2N2/c1-3-6-14-18-10(2)12(15(17)19-14)9-11-7-4-5-8-13(11)16/h4-5,7-8H,3,6,9H2,1-2H3. The van der Waals surface area contributed by atoms with E-state index in [0.717, 1.165) is 40.5 Å². The van der Waals surface area contributed by atoms with Crippen molar-refractivity contribution < 1.29 is 0 Å². The molecule has 0 saturated heterocycles. The van der Waals surface area contributed by atoms with Crippen molar-refractivity contribution in [3.8, 4) is 0 Å². The lowest BCUT2D eigenvalue weighted by molar-refractivity contribution is 0.815. The highest BCUT2D eigenvalue weighted by molar-refractivity contribution is 6.31. The molecular weight excluding hydrogens is 279 g/mol. The Morgan fingerprint density at radius 3 is 2.47 bits per heavy atom. The summed E-state index contributed by atoms with van der Waals surface area (Å²) in [5.41, 5.74) is 2.93. The predicted octanol–water partition coefficient (Wildman–Crippen LogP) is 4.64. The minimum Gasteiger partial charge on any atom is -0.238 e. The van der Waals surface area contributed by atoms with Crippen molar-refractivity contribution in [2.45, 2.75) is 33.1 Å². The average Bonchev–Trinajstić information content (AvgIpc) is 2.36. The summed E-state index contributed by atoms with van der Waals surface area (Å²) in [7, 11) is 0. The van der Waals surface area contributed by atoms with Gasteiger partial charge in [0.25, 0.3) is 0 Å². The van der Waals surface area contributed by atoms with Crippen molar-refractivity contribution in [1.82, 2.24) is 9.97 Å². The number of nitrogens with zero attached hydrogens (tertiary/aromatic N) is 2. The third-order valence-corrected chi connectivity index (χ3v) is 3.69. The first kappa shape index (κ1) is 14.3. The van der Waals surface area contributed by atoms with E-state index in [2.05, 4.69) is 16.9 Å². The number of rotatable bonds is 4. The summed E-state index contributed by atoms with van der Waals surface area (Å²) in [6, 6.07) is 7.77. The zero-order valence-electron chi connectivity index (χ0n) is 11.1. The Hall–Kier alpha value is -1.12. The van der Waals surface area contributed by atoms with Gasteiger partial charge >= 0.3 is 0 Å². The zero-order valence-corrected chi connectivity index (χ0v) is 12.6. The molecule has 0 radical (unpaired) electrons. The lowest BCUT2D eigenvalue weighted by Crippen LogP contribution is -2.04. The minimum atomic E-state index is 0.538. The fraction of sp³-hybridized carbons (Fsp3) is 0.333. The second-order valence-corrected chi connectivity index (χ2v) is 5.28. The van der Waals surface area contributed by atoms with E-state index in [1.54, 1.807) is 0 Å². The Kier molecular flexibility index (Phi) is 4.78. The van der Waals surface area contributed by atoms with Crippen molar-refractivity contribution in [3.63, 3.8) is 0 Å². The van der Waals surface area contributed by atoms with Gasteiger partial charge in [0.2, 0.25) is 0 Å². The van der Waals surface area contributed by atoms with Gasteiger partial charge in [-0.2, -0.15) is 0 Å². The van der Waals surface area contributed by atoms with Crippen molar-refractivity contribution in [2.75, 3.05) is 0 Å². The van der Waals surface area contributed by atoms with Crippen LogP contribution in [0.15, 0.2) is 24.3 Å². The second-order valence-electron chi connectivity index (χ2n) is 4.51. The third kappa shape index (κ3) is 3.46. The van der Waals surface area contributed by atoms with E-state index >= 15 is 0 Å². The Morgan fingerprint density at radius 2 is 1.84 bits per heavy atom. The van der Waals surface area contributed by atoms with Gasteiger partial charge in [-0.15, -0.1) is 0 Å². The summed E-state index contributed by atoms with van der Waals surface area (Å²) in [4.78, 5) is 8.87. The number of benzene rings is 1. The van der Waals surface area contributed by atoms with Gasteiger partial charge in [0.05, 0.1) is 0 Å². The largest absolute Gasteiger partial charge is 0.238 e. The molecule has 0 atom stereocenters. The summed E-state index contributed by atoms with van der Waals surface area (Å²) in [6.07, 6.45) is 2.53. The molecule has 0 fully saturated rings. The van der Waals surface area contributed by atoms with Gasteiger partial charge < -0.3 is 0 Å². The molecule has 0 unspecified atom stereocenters. The Labute approximate surface area is 123 Å². The van der Waals surface area contributed by atoms with Crippen LogP contribution in [0.1, 0.15) is 36.0 Å². The second kappa shape index (κ2) is 6.36. The molecule has 4 heteroatoms. The quantitative estimate of drug-likeness (QED) is 0.768. The van der Waals surface area contributed by atoms with Gasteiger partial charge in [-0.05, 0) is 25.0 Å². The molecule has 0 bridgehead atoms. The molecule has 2 rings (SSSR count). The number of hydrogen-bond acceptors (Lipinski definition) is 2. The van der Waals surface area contributed by atoms with Gasteiger partial charge in [0, 0.05) is 29.1 Å². The molecule has 100 valence electrons.